The molecule has 2 N–H and O–H groups in total. The monoisotopic (exact) mass is 492 g/mol. The molecule has 5 rings (SSSR count). The molecule has 1 heterocycles. The van der Waals surface area contributed by atoms with E-state index < -0.39 is 35.5 Å². The van der Waals surface area contributed by atoms with E-state index in [1.807, 2.05) is 0 Å². The second-order valence-electron chi connectivity index (χ2n) is 10.3. The molecule has 34 heavy (non-hydrogen) atoms. The Labute approximate surface area is 202 Å². The molecule has 0 radical (unpaired) electrons. The maximum absolute atomic E-state index is 13.0. The molecule has 9 nitrogen and oxygen atoms in total. The van der Waals surface area contributed by atoms with Crippen molar-refractivity contribution in [2.24, 2.45) is 17.3 Å². The summed E-state index contributed by atoms with van der Waals surface area (Å²) in [6.07, 6.45) is 4.29. The number of nitrogens with one attached hydrogen (secondary N) is 1. The van der Waals surface area contributed by atoms with Gasteiger partial charge in [-0.15, -0.1) is 11.3 Å². The highest BCUT2D eigenvalue weighted by Crippen LogP contribution is 2.62. The average molecular weight is 493 g/mol. The molecule has 4 bridgehead atoms. The Bertz CT molecular complexity index is 1020. The normalized spacial score (nSPS) is 29.0. The summed E-state index contributed by atoms with van der Waals surface area (Å²) in [5.74, 6) is -1.33. The van der Waals surface area contributed by atoms with Gasteiger partial charge in [-0.25, -0.2) is 4.79 Å². The number of hydrogen-bond acceptors (Lipinski definition) is 8. The second-order valence-corrected chi connectivity index (χ2v) is 11.3. The number of carbonyl (C=O) groups excluding carboxylic acids is 4. The van der Waals surface area contributed by atoms with Gasteiger partial charge in [0.1, 0.15) is 5.00 Å². The topological polar surface area (TPSA) is 122 Å². The van der Waals surface area contributed by atoms with E-state index in [0.29, 0.717) is 41.5 Å². The van der Waals surface area contributed by atoms with Crippen LogP contribution in [0.1, 0.15) is 71.0 Å². The molecular weight excluding hydrogens is 460 g/mol. The standard InChI is InChI=1S/C24H32N2O7S/c1-5-32-21(29)17-13(2)18(20(28)26(3)4)34-19(17)25-16(27)11-33-22(30)23-7-14-6-15(8-23)10-24(31,9-14)12-23/h14-15,31H,5-12H2,1-4H3,(H,25,27). The van der Waals surface area contributed by atoms with Crippen LogP contribution in [-0.2, 0) is 19.1 Å². The zero-order valence-electron chi connectivity index (χ0n) is 20.1. The first-order chi connectivity index (χ1) is 16.0. The van der Waals surface area contributed by atoms with E-state index in [2.05, 4.69) is 5.32 Å². The maximum atomic E-state index is 13.0. The van der Waals surface area contributed by atoms with Gasteiger partial charge in [0.25, 0.3) is 11.8 Å². The highest BCUT2D eigenvalue weighted by atomic mass is 32.1. The summed E-state index contributed by atoms with van der Waals surface area (Å²) in [4.78, 5) is 52.5. The molecule has 4 aliphatic rings. The molecule has 0 aliphatic heterocycles. The SMILES string of the molecule is CCOC(=O)c1c(NC(=O)COC(=O)C23CC4CC(CC(O)(C4)C2)C3)sc(C(=O)N(C)C)c1C. The summed E-state index contributed by atoms with van der Waals surface area (Å²) in [6.45, 7) is 2.94. The summed E-state index contributed by atoms with van der Waals surface area (Å²) >= 11 is 0.989. The highest BCUT2D eigenvalue weighted by Gasteiger charge is 2.60. The molecule has 186 valence electrons. The molecule has 1 aromatic heterocycles. The molecule has 0 aromatic carbocycles. The number of amides is 2. The Morgan fingerprint density at radius 2 is 1.76 bits per heavy atom. The van der Waals surface area contributed by atoms with Crippen molar-refractivity contribution >= 4 is 40.1 Å². The van der Waals surface area contributed by atoms with E-state index >= 15 is 0 Å². The lowest BCUT2D eigenvalue weighted by Crippen LogP contribution is -2.58. The molecular formula is C24H32N2O7S. The Balaban J connectivity index is 1.46. The van der Waals surface area contributed by atoms with Crippen molar-refractivity contribution in [3.63, 3.8) is 0 Å². The summed E-state index contributed by atoms with van der Waals surface area (Å²) in [7, 11) is 3.20. The third-order valence-corrected chi connectivity index (χ3v) is 8.47. The fourth-order valence-corrected chi connectivity index (χ4v) is 7.59. The third kappa shape index (κ3) is 4.45. The van der Waals surface area contributed by atoms with E-state index in [-0.39, 0.29) is 23.1 Å². The fraction of sp³-hybridized carbons (Fsp3) is 0.667. The van der Waals surface area contributed by atoms with Gasteiger partial charge in [-0.1, -0.05) is 0 Å². The molecule has 10 heteroatoms. The van der Waals surface area contributed by atoms with E-state index in [4.69, 9.17) is 9.47 Å². The Morgan fingerprint density at radius 3 is 2.32 bits per heavy atom. The zero-order valence-corrected chi connectivity index (χ0v) is 20.9. The van der Waals surface area contributed by atoms with Gasteiger partial charge in [-0.2, -0.15) is 0 Å². The van der Waals surface area contributed by atoms with Crippen molar-refractivity contribution in [2.45, 2.75) is 58.0 Å². The molecule has 0 saturated heterocycles. The van der Waals surface area contributed by atoms with Crippen LogP contribution in [0.3, 0.4) is 0 Å². The lowest BCUT2D eigenvalue weighted by molar-refractivity contribution is -0.196. The van der Waals surface area contributed by atoms with Crippen molar-refractivity contribution in [2.75, 3.05) is 32.6 Å². The molecule has 2 atom stereocenters. The van der Waals surface area contributed by atoms with Gasteiger partial charge in [-0.05, 0) is 69.8 Å². The first kappa shape index (κ1) is 24.7. The second kappa shape index (κ2) is 8.96. The van der Waals surface area contributed by atoms with E-state index in [1.54, 1.807) is 27.9 Å². The van der Waals surface area contributed by atoms with Crippen molar-refractivity contribution in [3.05, 3.63) is 16.0 Å². The number of rotatable bonds is 7. The van der Waals surface area contributed by atoms with Gasteiger partial charge in [0.05, 0.1) is 28.1 Å². The number of carbonyl (C=O) groups is 4. The van der Waals surface area contributed by atoms with Crippen molar-refractivity contribution in [3.8, 4) is 0 Å². The number of aliphatic hydroxyl groups is 1. The summed E-state index contributed by atoms with van der Waals surface area (Å²) < 4.78 is 10.5. The molecule has 4 aliphatic carbocycles. The van der Waals surface area contributed by atoms with Gasteiger partial charge < -0.3 is 24.8 Å². The molecule has 4 saturated carbocycles. The lowest BCUT2D eigenvalue weighted by Gasteiger charge is -2.58. The number of nitrogens with zero attached hydrogens (tertiary/aromatic N) is 1. The number of ether oxygens (including phenoxy) is 2. The van der Waals surface area contributed by atoms with Gasteiger partial charge in [0.2, 0.25) is 0 Å². The van der Waals surface area contributed by atoms with Gasteiger partial charge in [-0.3, -0.25) is 14.4 Å². The first-order valence-electron chi connectivity index (χ1n) is 11.7. The van der Waals surface area contributed by atoms with Crippen LogP contribution in [0.2, 0.25) is 0 Å². The highest BCUT2D eigenvalue weighted by molar-refractivity contribution is 7.18. The van der Waals surface area contributed by atoms with E-state index in [1.165, 1.54) is 4.90 Å². The lowest BCUT2D eigenvalue weighted by atomic mass is 9.48. The molecule has 4 fully saturated rings. The van der Waals surface area contributed by atoms with Crippen LogP contribution < -0.4 is 5.32 Å². The molecule has 2 unspecified atom stereocenters. The Kier molecular flexibility index (Phi) is 6.50. The largest absolute Gasteiger partial charge is 0.462 e. The van der Waals surface area contributed by atoms with Gasteiger partial charge in [0, 0.05) is 14.1 Å². The fourth-order valence-electron chi connectivity index (χ4n) is 6.36. The number of thiophene rings is 1. The summed E-state index contributed by atoms with van der Waals surface area (Å²) in [5, 5.41) is 13.7. The minimum Gasteiger partial charge on any atom is -0.462 e. The Hall–Kier alpha value is -2.46. The van der Waals surface area contributed by atoms with Crippen LogP contribution in [0.4, 0.5) is 5.00 Å². The van der Waals surface area contributed by atoms with E-state index in [0.717, 1.165) is 30.6 Å². The predicted octanol–water partition coefficient (Wildman–Crippen LogP) is 2.75. The van der Waals surface area contributed by atoms with Crippen LogP contribution in [0.15, 0.2) is 0 Å². The summed E-state index contributed by atoms with van der Waals surface area (Å²) in [6, 6.07) is 0. The molecule has 1 aromatic rings. The van der Waals surface area contributed by atoms with Crippen LogP contribution in [-0.4, -0.2) is 66.7 Å². The van der Waals surface area contributed by atoms with Crippen LogP contribution >= 0.6 is 11.3 Å². The number of anilines is 1. The van der Waals surface area contributed by atoms with Crippen LogP contribution in [0, 0.1) is 24.2 Å². The number of hydrogen-bond donors (Lipinski definition) is 2. The average Bonchev–Trinajstić information content (AvgIpc) is 3.05. The predicted molar refractivity (Wildman–Crippen MR) is 125 cm³/mol. The number of esters is 2. The van der Waals surface area contributed by atoms with Crippen LogP contribution in [0.5, 0.6) is 0 Å². The smallest absolute Gasteiger partial charge is 0.341 e. The van der Waals surface area contributed by atoms with Crippen LogP contribution in [0.25, 0.3) is 0 Å². The van der Waals surface area contributed by atoms with Crippen molar-refractivity contribution in [1.29, 1.82) is 0 Å². The van der Waals surface area contributed by atoms with Crippen molar-refractivity contribution in [1.82, 2.24) is 4.90 Å². The van der Waals surface area contributed by atoms with Crippen molar-refractivity contribution < 1.29 is 33.8 Å². The van der Waals surface area contributed by atoms with Gasteiger partial charge in [0.15, 0.2) is 6.61 Å². The minimum absolute atomic E-state index is 0.125. The zero-order chi connectivity index (χ0) is 24.8. The van der Waals surface area contributed by atoms with E-state index in [9.17, 15) is 24.3 Å². The third-order valence-electron chi connectivity index (χ3n) is 7.28. The van der Waals surface area contributed by atoms with Gasteiger partial charge >= 0.3 is 11.9 Å². The quantitative estimate of drug-likeness (QED) is 0.561. The maximum Gasteiger partial charge on any atom is 0.341 e. The minimum atomic E-state index is -0.802. The molecule has 2 amide bonds. The molecule has 0 spiro atoms. The summed E-state index contributed by atoms with van der Waals surface area (Å²) in [5.41, 5.74) is -0.972. The first-order valence-corrected chi connectivity index (χ1v) is 12.5. The Morgan fingerprint density at radius 1 is 1.12 bits per heavy atom.